The minimum absolute atomic E-state index is 0.0484. The van der Waals surface area contributed by atoms with E-state index in [2.05, 4.69) is 20.2 Å². The van der Waals surface area contributed by atoms with Gasteiger partial charge >= 0.3 is 6.09 Å². The zero-order valence-corrected chi connectivity index (χ0v) is 21.5. The zero-order valence-electron chi connectivity index (χ0n) is 21.5. The SMILES string of the molecule is Cc1ncnc(C)c1C(=O)N1CC2CN(CC[C@H](NC(=O)OC(C)(C)C)c3ccccc3)CC2C1. The number of benzene rings is 1. The van der Waals surface area contributed by atoms with Crippen LogP contribution in [0.5, 0.6) is 0 Å². The van der Waals surface area contributed by atoms with Crippen LogP contribution in [0.4, 0.5) is 4.79 Å². The number of alkyl carbamates (subject to hydrolysis) is 1. The molecular formula is C27H37N5O3. The molecule has 1 aromatic carbocycles. The normalized spacial score (nSPS) is 21.0. The summed E-state index contributed by atoms with van der Waals surface area (Å²) in [5.74, 6) is 0.989. The second-order valence-electron chi connectivity index (χ2n) is 10.8. The predicted octanol–water partition coefficient (Wildman–Crippen LogP) is 3.75. The first-order chi connectivity index (χ1) is 16.6. The Kier molecular flexibility index (Phi) is 7.40. The van der Waals surface area contributed by atoms with E-state index < -0.39 is 11.7 Å². The van der Waals surface area contributed by atoms with Crippen molar-refractivity contribution in [2.45, 2.75) is 52.7 Å². The summed E-state index contributed by atoms with van der Waals surface area (Å²) >= 11 is 0. The highest BCUT2D eigenvalue weighted by atomic mass is 16.6. The van der Waals surface area contributed by atoms with Gasteiger partial charge in [-0.25, -0.2) is 14.8 Å². The largest absolute Gasteiger partial charge is 0.444 e. The number of nitrogens with zero attached hydrogens (tertiary/aromatic N) is 4. The lowest BCUT2D eigenvalue weighted by Crippen LogP contribution is -2.37. The Bertz CT molecular complexity index is 1020. The first kappa shape index (κ1) is 25.1. The fraction of sp³-hybridized carbons (Fsp3) is 0.556. The lowest BCUT2D eigenvalue weighted by molar-refractivity contribution is 0.0498. The Balaban J connectivity index is 1.33. The van der Waals surface area contributed by atoms with Gasteiger partial charge < -0.3 is 19.9 Å². The van der Waals surface area contributed by atoms with Gasteiger partial charge in [-0.05, 0) is 58.4 Å². The van der Waals surface area contributed by atoms with Crippen molar-refractivity contribution in [2.24, 2.45) is 11.8 Å². The average Bonchev–Trinajstić information content (AvgIpc) is 3.35. The van der Waals surface area contributed by atoms with Crippen molar-refractivity contribution in [2.75, 3.05) is 32.7 Å². The molecule has 3 heterocycles. The number of ether oxygens (including phenoxy) is 1. The Labute approximate surface area is 208 Å². The number of hydrogen-bond acceptors (Lipinski definition) is 6. The molecule has 0 saturated carbocycles. The Morgan fingerprint density at radius 2 is 1.63 bits per heavy atom. The van der Waals surface area contributed by atoms with Crippen molar-refractivity contribution < 1.29 is 14.3 Å². The van der Waals surface area contributed by atoms with Gasteiger partial charge in [0.2, 0.25) is 0 Å². The molecule has 1 N–H and O–H groups in total. The number of carbonyl (C=O) groups is 2. The van der Waals surface area contributed by atoms with Gasteiger partial charge in [0, 0.05) is 32.7 Å². The third-order valence-corrected chi connectivity index (χ3v) is 6.92. The standard InChI is InChI=1S/C27H37N5O3/c1-18-24(19(2)29-17-28-18)25(33)32-15-21-13-31(14-22(21)16-32)12-11-23(20-9-7-6-8-10-20)30-26(34)35-27(3,4)5/h6-10,17,21-23H,11-16H2,1-5H3,(H,30,34)/t21?,22?,23-/m0/s1. The van der Waals surface area contributed by atoms with Gasteiger partial charge in [-0.2, -0.15) is 0 Å². The molecule has 0 radical (unpaired) electrons. The minimum Gasteiger partial charge on any atom is -0.444 e. The molecular weight excluding hydrogens is 442 g/mol. The monoisotopic (exact) mass is 479 g/mol. The molecule has 8 heteroatoms. The van der Waals surface area contributed by atoms with Crippen LogP contribution >= 0.6 is 0 Å². The van der Waals surface area contributed by atoms with Crippen molar-refractivity contribution in [1.82, 2.24) is 25.1 Å². The second-order valence-corrected chi connectivity index (χ2v) is 10.8. The predicted molar refractivity (Wildman–Crippen MR) is 134 cm³/mol. The summed E-state index contributed by atoms with van der Waals surface area (Å²) in [6.07, 6.45) is 1.91. The maximum Gasteiger partial charge on any atom is 0.408 e. The van der Waals surface area contributed by atoms with Crippen LogP contribution in [0.25, 0.3) is 0 Å². The maximum absolute atomic E-state index is 13.2. The number of hydrogen-bond donors (Lipinski definition) is 1. The Morgan fingerprint density at radius 1 is 1.03 bits per heavy atom. The molecule has 2 aliphatic rings. The molecule has 8 nitrogen and oxygen atoms in total. The smallest absolute Gasteiger partial charge is 0.408 e. The van der Waals surface area contributed by atoms with Gasteiger partial charge in [0.15, 0.2) is 0 Å². The summed E-state index contributed by atoms with van der Waals surface area (Å²) in [5, 5.41) is 3.06. The van der Waals surface area contributed by atoms with E-state index in [4.69, 9.17) is 4.74 Å². The Morgan fingerprint density at radius 3 is 2.20 bits per heavy atom. The summed E-state index contributed by atoms with van der Waals surface area (Å²) < 4.78 is 5.50. The summed E-state index contributed by atoms with van der Waals surface area (Å²) in [6.45, 7) is 13.7. The summed E-state index contributed by atoms with van der Waals surface area (Å²) in [5.41, 5.74) is 2.66. The molecule has 2 aliphatic heterocycles. The minimum atomic E-state index is -0.538. The summed E-state index contributed by atoms with van der Waals surface area (Å²) in [7, 11) is 0. The molecule has 2 fully saturated rings. The van der Waals surface area contributed by atoms with Gasteiger partial charge in [-0.3, -0.25) is 4.79 Å². The van der Waals surface area contributed by atoms with Crippen LogP contribution in [-0.2, 0) is 4.74 Å². The number of aromatic nitrogens is 2. The van der Waals surface area contributed by atoms with Crippen LogP contribution in [0.3, 0.4) is 0 Å². The number of fused-ring (bicyclic) bond motifs is 1. The van der Waals surface area contributed by atoms with Crippen LogP contribution < -0.4 is 5.32 Å². The molecule has 188 valence electrons. The van der Waals surface area contributed by atoms with Crippen LogP contribution in [0, 0.1) is 25.7 Å². The van der Waals surface area contributed by atoms with E-state index in [-0.39, 0.29) is 11.9 Å². The van der Waals surface area contributed by atoms with E-state index in [0.29, 0.717) is 17.4 Å². The van der Waals surface area contributed by atoms with Gasteiger partial charge in [-0.1, -0.05) is 30.3 Å². The van der Waals surface area contributed by atoms with E-state index in [1.807, 2.05) is 69.9 Å². The van der Waals surface area contributed by atoms with E-state index in [1.54, 1.807) is 0 Å². The van der Waals surface area contributed by atoms with Crippen LogP contribution in [-0.4, -0.2) is 70.1 Å². The van der Waals surface area contributed by atoms with Crippen LogP contribution in [0.1, 0.15) is 60.5 Å². The number of amides is 2. The highest BCUT2D eigenvalue weighted by molar-refractivity contribution is 5.96. The Hall–Kier alpha value is -3.00. The number of likely N-dealkylation sites (tertiary alicyclic amines) is 2. The fourth-order valence-electron chi connectivity index (χ4n) is 5.27. The molecule has 1 aromatic heterocycles. The maximum atomic E-state index is 13.2. The molecule has 0 bridgehead atoms. The first-order valence-electron chi connectivity index (χ1n) is 12.4. The quantitative estimate of drug-likeness (QED) is 0.679. The van der Waals surface area contributed by atoms with Crippen molar-refractivity contribution in [3.8, 4) is 0 Å². The molecule has 0 aliphatic carbocycles. The van der Waals surface area contributed by atoms with Crippen molar-refractivity contribution >= 4 is 12.0 Å². The molecule has 2 amide bonds. The fourth-order valence-corrected chi connectivity index (χ4v) is 5.27. The molecule has 0 spiro atoms. The van der Waals surface area contributed by atoms with Gasteiger partial charge in [0.1, 0.15) is 11.9 Å². The molecule has 4 rings (SSSR count). The highest BCUT2D eigenvalue weighted by Crippen LogP contribution is 2.33. The highest BCUT2D eigenvalue weighted by Gasteiger charge is 2.42. The summed E-state index contributed by atoms with van der Waals surface area (Å²) in [6, 6.07) is 9.93. The van der Waals surface area contributed by atoms with Crippen LogP contribution in [0.2, 0.25) is 0 Å². The first-order valence-corrected chi connectivity index (χ1v) is 12.4. The molecule has 2 aromatic rings. The molecule has 3 atom stereocenters. The van der Waals surface area contributed by atoms with Gasteiger partial charge in [0.25, 0.3) is 5.91 Å². The molecule has 2 unspecified atom stereocenters. The number of rotatable bonds is 6. The lowest BCUT2D eigenvalue weighted by atomic mass is 10.0. The van der Waals surface area contributed by atoms with Crippen molar-refractivity contribution in [3.63, 3.8) is 0 Å². The second kappa shape index (κ2) is 10.3. The van der Waals surface area contributed by atoms with Crippen LogP contribution in [0.15, 0.2) is 36.7 Å². The van der Waals surface area contributed by atoms with Crippen molar-refractivity contribution in [3.05, 3.63) is 59.2 Å². The third kappa shape index (κ3) is 6.17. The summed E-state index contributed by atoms with van der Waals surface area (Å²) in [4.78, 5) is 38.5. The molecule has 35 heavy (non-hydrogen) atoms. The van der Waals surface area contributed by atoms with Gasteiger partial charge in [-0.15, -0.1) is 0 Å². The van der Waals surface area contributed by atoms with E-state index in [0.717, 1.165) is 56.1 Å². The average molecular weight is 480 g/mol. The number of nitrogens with one attached hydrogen (secondary N) is 1. The zero-order chi connectivity index (χ0) is 25.2. The topological polar surface area (TPSA) is 87.7 Å². The van der Waals surface area contributed by atoms with Crippen molar-refractivity contribution in [1.29, 1.82) is 0 Å². The third-order valence-electron chi connectivity index (χ3n) is 6.92. The lowest BCUT2D eigenvalue weighted by Gasteiger charge is -2.26. The van der Waals surface area contributed by atoms with E-state index in [1.165, 1.54) is 6.33 Å². The number of carbonyl (C=O) groups excluding carboxylic acids is 2. The number of aryl methyl sites for hydroxylation is 2. The van der Waals surface area contributed by atoms with E-state index >= 15 is 0 Å². The van der Waals surface area contributed by atoms with Gasteiger partial charge in [0.05, 0.1) is 23.0 Å². The molecule has 2 saturated heterocycles. The van der Waals surface area contributed by atoms with E-state index in [9.17, 15) is 9.59 Å².